The average Bonchev–Trinajstić information content (AvgIpc) is 3.23. The van der Waals surface area contributed by atoms with E-state index in [1.54, 1.807) is 0 Å². The van der Waals surface area contributed by atoms with Crippen LogP contribution in [0.25, 0.3) is 0 Å². The molecular formula is C53H88O6. The lowest BCUT2D eigenvalue weighted by molar-refractivity contribution is -0.166. The molecule has 0 aromatic rings. The Morgan fingerprint density at radius 1 is 0.373 bits per heavy atom. The van der Waals surface area contributed by atoms with Crippen molar-refractivity contribution in [2.24, 2.45) is 0 Å². The second kappa shape index (κ2) is 47.3. The van der Waals surface area contributed by atoms with E-state index < -0.39 is 6.10 Å². The minimum absolute atomic E-state index is 0.104. The first-order valence-electron chi connectivity index (χ1n) is 24.1. The molecule has 0 heterocycles. The van der Waals surface area contributed by atoms with Gasteiger partial charge in [-0.15, -0.1) is 0 Å². The molecule has 0 spiro atoms. The predicted octanol–water partition coefficient (Wildman–Crippen LogP) is 15.6. The highest BCUT2D eigenvalue weighted by Crippen LogP contribution is 2.13. The molecule has 0 saturated heterocycles. The number of ether oxygens (including phenoxy) is 3. The van der Waals surface area contributed by atoms with Crippen molar-refractivity contribution in [1.29, 1.82) is 0 Å². The zero-order valence-corrected chi connectivity index (χ0v) is 38.2. The van der Waals surface area contributed by atoms with E-state index in [1.165, 1.54) is 83.5 Å². The first kappa shape index (κ1) is 55.6. The van der Waals surface area contributed by atoms with Crippen LogP contribution in [0.15, 0.2) is 85.1 Å². The molecule has 0 radical (unpaired) electrons. The molecule has 0 amide bonds. The van der Waals surface area contributed by atoms with Gasteiger partial charge in [-0.05, 0) is 77.0 Å². The third-order valence-electron chi connectivity index (χ3n) is 9.93. The molecule has 0 bridgehead atoms. The van der Waals surface area contributed by atoms with Gasteiger partial charge in [0.25, 0.3) is 0 Å². The zero-order chi connectivity index (χ0) is 43.0. The molecular weight excluding hydrogens is 733 g/mol. The van der Waals surface area contributed by atoms with Crippen molar-refractivity contribution in [1.82, 2.24) is 0 Å². The molecule has 0 aliphatic carbocycles. The number of hydrogen-bond donors (Lipinski definition) is 0. The molecule has 0 saturated carbocycles. The molecule has 0 aromatic carbocycles. The average molecular weight is 821 g/mol. The fourth-order valence-electron chi connectivity index (χ4n) is 6.30. The van der Waals surface area contributed by atoms with E-state index in [1.807, 2.05) is 12.2 Å². The number of carbonyl (C=O) groups is 3. The van der Waals surface area contributed by atoms with Crippen LogP contribution in [0.2, 0.25) is 0 Å². The van der Waals surface area contributed by atoms with Gasteiger partial charge in [0.05, 0.1) is 0 Å². The van der Waals surface area contributed by atoms with Crippen LogP contribution < -0.4 is 0 Å². The van der Waals surface area contributed by atoms with Crippen molar-refractivity contribution in [3.8, 4) is 0 Å². The number of esters is 3. The summed E-state index contributed by atoms with van der Waals surface area (Å²) in [6.07, 6.45) is 60.0. The molecule has 1 unspecified atom stereocenters. The van der Waals surface area contributed by atoms with Gasteiger partial charge in [0.2, 0.25) is 0 Å². The van der Waals surface area contributed by atoms with E-state index in [2.05, 4.69) is 93.7 Å². The summed E-state index contributed by atoms with van der Waals surface area (Å²) in [6, 6.07) is 0. The molecule has 0 aromatic heterocycles. The summed E-state index contributed by atoms with van der Waals surface area (Å²) >= 11 is 0. The first-order valence-corrected chi connectivity index (χ1v) is 24.1. The Morgan fingerprint density at radius 2 is 0.746 bits per heavy atom. The minimum atomic E-state index is -0.809. The topological polar surface area (TPSA) is 78.9 Å². The Bertz CT molecular complexity index is 1170. The van der Waals surface area contributed by atoms with Crippen LogP contribution in [0.3, 0.4) is 0 Å². The van der Waals surface area contributed by atoms with Gasteiger partial charge < -0.3 is 14.2 Å². The lowest BCUT2D eigenvalue weighted by Gasteiger charge is -2.18. The lowest BCUT2D eigenvalue weighted by Crippen LogP contribution is -2.30. The zero-order valence-electron chi connectivity index (χ0n) is 38.2. The molecule has 0 rings (SSSR count). The highest BCUT2D eigenvalue weighted by molar-refractivity contribution is 5.71. The van der Waals surface area contributed by atoms with Gasteiger partial charge in [0, 0.05) is 19.3 Å². The molecule has 0 aliphatic rings. The summed E-state index contributed by atoms with van der Waals surface area (Å²) in [5.74, 6) is -1.01. The van der Waals surface area contributed by atoms with Crippen LogP contribution in [-0.2, 0) is 28.6 Å². The van der Waals surface area contributed by atoms with Crippen LogP contribution in [0, 0.1) is 0 Å². The minimum Gasteiger partial charge on any atom is -0.462 e. The Kier molecular flexibility index (Phi) is 44.5. The third-order valence-corrected chi connectivity index (χ3v) is 9.93. The van der Waals surface area contributed by atoms with Gasteiger partial charge in [0.1, 0.15) is 13.2 Å². The Morgan fingerprint density at radius 3 is 1.24 bits per heavy atom. The molecule has 0 aliphatic heterocycles. The van der Waals surface area contributed by atoms with Crippen molar-refractivity contribution >= 4 is 17.9 Å². The van der Waals surface area contributed by atoms with Crippen LogP contribution >= 0.6 is 0 Å². The largest absolute Gasteiger partial charge is 0.462 e. The standard InChI is InChI=1S/C53H88O6/c1-4-7-10-13-16-19-22-24-26-28-29-31-34-37-40-43-46-52(55)58-49-50(48-57-51(54)45-42-39-36-33-21-18-15-12-9-6-3)59-53(56)47-44-41-38-35-32-30-27-25-23-20-17-14-11-8-5-2/h7,10,16-17,19-20,23-26,29,31,37,40,50H,4-6,8-9,11-15,18,21-22,27-28,30,32-36,38-39,41-49H2,1-3H3/b10-7-,19-16-,20-17-,25-23-,26-24-,31-29-,40-37-. The van der Waals surface area contributed by atoms with Gasteiger partial charge in [-0.2, -0.15) is 0 Å². The molecule has 1 atom stereocenters. The number of carbonyl (C=O) groups excluding carboxylic acids is 3. The van der Waals surface area contributed by atoms with Gasteiger partial charge in [0.15, 0.2) is 6.10 Å². The van der Waals surface area contributed by atoms with Crippen molar-refractivity contribution in [3.05, 3.63) is 85.1 Å². The number of unbranched alkanes of at least 4 members (excludes halogenated alkanes) is 18. The monoisotopic (exact) mass is 821 g/mol. The Labute approximate surface area is 363 Å². The molecule has 6 heteroatoms. The fraction of sp³-hybridized carbons (Fsp3) is 0.679. The Hall–Kier alpha value is -3.41. The molecule has 0 N–H and O–H groups in total. The third kappa shape index (κ3) is 45.5. The summed E-state index contributed by atoms with van der Waals surface area (Å²) in [5, 5.41) is 0. The van der Waals surface area contributed by atoms with E-state index in [-0.39, 0.29) is 37.5 Å². The first-order chi connectivity index (χ1) is 29.0. The van der Waals surface area contributed by atoms with E-state index >= 15 is 0 Å². The van der Waals surface area contributed by atoms with Crippen LogP contribution in [0.1, 0.15) is 213 Å². The second-order valence-electron chi connectivity index (χ2n) is 15.7. The number of hydrogen-bond acceptors (Lipinski definition) is 6. The smallest absolute Gasteiger partial charge is 0.306 e. The SMILES string of the molecule is CC/C=C\C/C=C\C/C=C\C/C=C\C/C=C\CCC(=O)OCC(COC(=O)CCCCCCCCCCCC)OC(=O)CCCCCCCC/C=C\C=C/CCCCC. The van der Waals surface area contributed by atoms with Gasteiger partial charge in [-0.3, -0.25) is 14.4 Å². The fourth-order valence-corrected chi connectivity index (χ4v) is 6.30. The normalized spacial score (nSPS) is 12.8. The van der Waals surface area contributed by atoms with Crippen molar-refractivity contribution in [3.63, 3.8) is 0 Å². The van der Waals surface area contributed by atoms with Crippen LogP contribution in [-0.4, -0.2) is 37.2 Å². The summed E-state index contributed by atoms with van der Waals surface area (Å²) in [6.45, 7) is 6.39. The van der Waals surface area contributed by atoms with Gasteiger partial charge in [-0.25, -0.2) is 0 Å². The molecule has 0 fully saturated rings. The quantitative estimate of drug-likeness (QED) is 0.0201. The maximum absolute atomic E-state index is 12.7. The summed E-state index contributed by atoms with van der Waals surface area (Å²) in [4.78, 5) is 37.8. The number of allylic oxidation sites excluding steroid dienone is 14. The van der Waals surface area contributed by atoms with E-state index in [4.69, 9.17) is 14.2 Å². The maximum atomic E-state index is 12.7. The van der Waals surface area contributed by atoms with Crippen molar-refractivity contribution in [2.45, 2.75) is 219 Å². The molecule has 6 nitrogen and oxygen atoms in total. The van der Waals surface area contributed by atoms with Gasteiger partial charge >= 0.3 is 17.9 Å². The summed E-state index contributed by atoms with van der Waals surface area (Å²) in [7, 11) is 0. The predicted molar refractivity (Wildman–Crippen MR) is 251 cm³/mol. The van der Waals surface area contributed by atoms with Crippen molar-refractivity contribution in [2.75, 3.05) is 13.2 Å². The summed E-state index contributed by atoms with van der Waals surface area (Å²) in [5.41, 5.74) is 0. The lowest BCUT2D eigenvalue weighted by atomic mass is 10.1. The highest BCUT2D eigenvalue weighted by Gasteiger charge is 2.19. The van der Waals surface area contributed by atoms with Crippen LogP contribution in [0.4, 0.5) is 0 Å². The van der Waals surface area contributed by atoms with E-state index in [0.717, 1.165) is 83.5 Å². The highest BCUT2D eigenvalue weighted by atomic mass is 16.6. The van der Waals surface area contributed by atoms with Crippen LogP contribution in [0.5, 0.6) is 0 Å². The Balaban J connectivity index is 4.51. The second-order valence-corrected chi connectivity index (χ2v) is 15.7. The maximum Gasteiger partial charge on any atom is 0.306 e. The molecule has 336 valence electrons. The van der Waals surface area contributed by atoms with E-state index in [9.17, 15) is 14.4 Å². The van der Waals surface area contributed by atoms with Crippen molar-refractivity contribution < 1.29 is 28.6 Å². The summed E-state index contributed by atoms with van der Waals surface area (Å²) < 4.78 is 16.7. The van der Waals surface area contributed by atoms with Gasteiger partial charge in [-0.1, -0.05) is 202 Å². The van der Waals surface area contributed by atoms with E-state index in [0.29, 0.717) is 19.3 Å². The molecule has 59 heavy (non-hydrogen) atoms. The number of rotatable bonds is 42.